The van der Waals surface area contributed by atoms with E-state index < -0.39 is 14.6 Å². The van der Waals surface area contributed by atoms with E-state index in [1.165, 1.54) is 0 Å². The third kappa shape index (κ3) is 5.47. The van der Waals surface area contributed by atoms with Gasteiger partial charge in [0.25, 0.3) is 0 Å². The van der Waals surface area contributed by atoms with Gasteiger partial charge in [0.05, 0.1) is 17.1 Å². The highest BCUT2D eigenvalue weighted by molar-refractivity contribution is 7.92. The van der Waals surface area contributed by atoms with Crippen LogP contribution in [0.2, 0.25) is 0 Å². The first-order valence-electron chi connectivity index (χ1n) is 7.54. The Balaban J connectivity index is 2.30. The number of carbonyl (C=O) groups is 1. The molecule has 1 amide bonds. The van der Waals surface area contributed by atoms with Crippen molar-refractivity contribution in [3.63, 3.8) is 0 Å². The quantitative estimate of drug-likeness (QED) is 0.829. The number of hydrogen-bond donors (Lipinski definition) is 1. The van der Waals surface area contributed by atoms with Crippen LogP contribution < -0.4 is 5.32 Å². The van der Waals surface area contributed by atoms with Gasteiger partial charge < -0.3 is 15.0 Å². The number of amides is 1. The molecule has 0 aromatic heterocycles. The smallest absolute Gasteiger partial charge is 0.409 e. The first-order valence-corrected chi connectivity index (χ1v) is 9.20. The molecule has 0 saturated carbocycles. The van der Waals surface area contributed by atoms with E-state index in [-0.39, 0.29) is 17.9 Å². The largest absolute Gasteiger partial charge is 0.450 e. The molecule has 0 aromatic rings. The number of hydrogen-bond acceptors (Lipinski definition) is 5. The van der Waals surface area contributed by atoms with Gasteiger partial charge in [-0.3, -0.25) is 0 Å². The van der Waals surface area contributed by atoms with E-state index in [4.69, 9.17) is 4.74 Å². The van der Waals surface area contributed by atoms with Crippen LogP contribution in [-0.4, -0.2) is 62.2 Å². The second kappa shape index (κ2) is 7.45. The fraction of sp³-hybridized carbons (Fsp3) is 0.929. The molecule has 0 unspecified atom stereocenters. The Morgan fingerprint density at radius 1 is 1.29 bits per heavy atom. The van der Waals surface area contributed by atoms with Crippen LogP contribution in [0.25, 0.3) is 0 Å². The number of likely N-dealkylation sites (tertiary alicyclic amines) is 1. The van der Waals surface area contributed by atoms with Gasteiger partial charge in [-0.2, -0.15) is 0 Å². The minimum Gasteiger partial charge on any atom is -0.450 e. The number of nitrogens with zero attached hydrogens (tertiary/aromatic N) is 1. The van der Waals surface area contributed by atoms with E-state index in [2.05, 4.69) is 5.32 Å². The summed E-state index contributed by atoms with van der Waals surface area (Å²) >= 11 is 0. The molecular weight excluding hydrogens is 292 g/mol. The van der Waals surface area contributed by atoms with Gasteiger partial charge in [0, 0.05) is 25.7 Å². The number of carbonyl (C=O) groups excluding carboxylic acids is 1. The Morgan fingerprint density at radius 2 is 1.86 bits per heavy atom. The van der Waals surface area contributed by atoms with Crippen LogP contribution in [0.4, 0.5) is 4.79 Å². The molecule has 1 heterocycles. The molecule has 6 nitrogen and oxygen atoms in total. The minimum atomic E-state index is -3.08. The summed E-state index contributed by atoms with van der Waals surface area (Å²) in [6.07, 6.45) is 1.40. The van der Waals surface area contributed by atoms with Crippen molar-refractivity contribution in [3.05, 3.63) is 0 Å². The highest BCUT2D eigenvalue weighted by atomic mass is 32.2. The summed E-state index contributed by atoms with van der Waals surface area (Å²) in [6.45, 7) is 9.12. The predicted octanol–water partition coefficient (Wildman–Crippen LogP) is 1.41. The molecule has 0 bridgehead atoms. The molecule has 0 radical (unpaired) electrons. The van der Waals surface area contributed by atoms with Crippen molar-refractivity contribution in [2.75, 3.05) is 32.0 Å². The van der Waals surface area contributed by atoms with Crippen LogP contribution in [0, 0.1) is 0 Å². The molecule has 1 rings (SSSR count). The molecule has 0 atom stereocenters. The molecule has 0 spiro atoms. The normalized spacial score (nSPS) is 17.8. The van der Waals surface area contributed by atoms with Gasteiger partial charge in [0.1, 0.15) is 0 Å². The van der Waals surface area contributed by atoms with Crippen LogP contribution in [0.15, 0.2) is 0 Å². The lowest BCUT2D eigenvalue weighted by atomic mass is 10.1. The van der Waals surface area contributed by atoms with Crippen LogP contribution in [0.5, 0.6) is 0 Å². The fourth-order valence-electron chi connectivity index (χ4n) is 2.18. The lowest BCUT2D eigenvalue weighted by Gasteiger charge is -2.32. The van der Waals surface area contributed by atoms with Gasteiger partial charge in [0.2, 0.25) is 0 Å². The molecule has 1 saturated heterocycles. The number of sulfone groups is 1. The van der Waals surface area contributed by atoms with Gasteiger partial charge in [-0.25, -0.2) is 13.2 Å². The minimum absolute atomic E-state index is 0.147. The summed E-state index contributed by atoms with van der Waals surface area (Å²) in [6, 6.07) is 0.269. The zero-order valence-electron chi connectivity index (χ0n) is 13.5. The molecule has 1 fully saturated rings. The van der Waals surface area contributed by atoms with E-state index >= 15 is 0 Å². The van der Waals surface area contributed by atoms with E-state index in [1.54, 1.807) is 32.6 Å². The van der Waals surface area contributed by atoms with Gasteiger partial charge in [0.15, 0.2) is 9.84 Å². The van der Waals surface area contributed by atoms with Crippen molar-refractivity contribution in [2.45, 2.75) is 51.3 Å². The predicted molar refractivity (Wildman–Crippen MR) is 83.2 cm³/mol. The third-order valence-corrected chi connectivity index (χ3v) is 6.37. The molecule has 1 aliphatic rings. The van der Waals surface area contributed by atoms with E-state index in [1.807, 2.05) is 0 Å². The summed E-state index contributed by atoms with van der Waals surface area (Å²) in [7, 11) is -3.08. The van der Waals surface area contributed by atoms with Crippen LogP contribution in [-0.2, 0) is 14.6 Å². The number of rotatable bonds is 5. The Kier molecular flexibility index (Phi) is 6.46. The summed E-state index contributed by atoms with van der Waals surface area (Å²) in [4.78, 5) is 13.3. The number of ether oxygens (including phenoxy) is 1. The van der Waals surface area contributed by atoms with Gasteiger partial charge in [-0.15, -0.1) is 0 Å². The van der Waals surface area contributed by atoms with Crippen LogP contribution in [0.1, 0.15) is 40.5 Å². The van der Waals surface area contributed by atoms with Gasteiger partial charge in [-0.1, -0.05) is 0 Å². The van der Waals surface area contributed by atoms with Crippen molar-refractivity contribution in [1.82, 2.24) is 10.2 Å². The van der Waals surface area contributed by atoms with Crippen molar-refractivity contribution < 1.29 is 17.9 Å². The van der Waals surface area contributed by atoms with Crippen LogP contribution >= 0.6 is 0 Å². The molecule has 1 N–H and O–H groups in total. The van der Waals surface area contributed by atoms with E-state index in [0.717, 1.165) is 12.8 Å². The molecule has 21 heavy (non-hydrogen) atoms. The second-order valence-corrected chi connectivity index (χ2v) is 9.21. The summed E-state index contributed by atoms with van der Waals surface area (Å²) in [5.41, 5.74) is 0. The molecule has 7 heteroatoms. The molecule has 0 aromatic carbocycles. The molecular formula is C14H28N2O4S. The fourth-order valence-corrected chi connectivity index (χ4v) is 3.18. The Hall–Kier alpha value is -0.820. The Morgan fingerprint density at radius 3 is 2.33 bits per heavy atom. The molecule has 124 valence electrons. The topological polar surface area (TPSA) is 75.7 Å². The third-order valence-electron chi connectivity index (χ3n) is 3.76. The maximum Gasteiger partial charge on any atom is 0.409 e. The van der Waals surface area contributed by atoms with Crippen LogP contribution in [0.3, 0.4) is 0 Å². The zero-order valence-corrected chi connectivity index (χ0v) is 14.3. The Bertz CT molecular complexity index is 434. The maximum absolute atomic E-state index is 12.0. The Labute approximate surface area is 128 Å². The highest BCUT2D eigenvalue weighted by Gasteiger charge is 2.29. The first-order chi connectivity index (χ1) is 9.67. The number of nitrogens with one attached hydrogen (secondary N) is 1. The average molecular weight is 320 g/mol. The lowest BCUT2D eigenvalue weighted by molar-refractivity contribution is 0.0953. The standard InChI is InChI=1S/C14H28N2O4S/c1-5-20-13(17)16-9-6-12(7-10-16)15-8-11-21(18,19)14(2,3)4/h12,15H,5-11H2,1-4H3. The van der Waals surface area contributed by atoms with E-state index in [0.29, 0.717) is 26.2 Å². The maximum atomic E-state index is 12.0. The zero-order chi connectivity index (χ0) is 16.1. The van der Waals surface area contributed by atoms with Crippen molar-refractivity contribution in [2.24, 2.45) is 0 Å². The first kappa shape index (κ1) is 18.2. The van der Waals surface area contributed by atoms with Crippen molar-refractivity contribution >= 4 is 15.9 Å². The molecule has 0 aliphatic carbocycles. The SMILES string of the molecule is CCOC(=O)N1CCC(NCCS(=O)(=O)C(C)(C)C)CC1. The highest BCUT2D eigenvalue weighted by Crippen LogP contribution is 2.16. The van der Waals surface area contributed by atoms with Gasteiger partial charge in [-0.05, 0) is 40.5 Å². The summed E-state index contributed by atoms with van der Waals surface area (Å²) in [5, 5.41) is 3.28. The van der Waals surface area contributed by atoms with Gasteiger partial charge >= 0.3 is 6.09 Å². The van der Waals surface area contributed by atoms with Crippen molar-refractivity contribution in [3.8, 4) is 0 Å². The number of piperidine rings is 1. The summed E-state index contributed by atoms with van der Waals surface area (Å²) < 4.78 is 28.3. The van der Waals surface area contributed by atoms with E-state index in [9.17, 15) is 13.2 Å². The summed E-state index contributed by atoms with van der Waals surface area (Å²) in [5.74, 6) is 0.147. The molecule has 1 aliphatic heterocycles. The lowest BCUT2D eigenvalue weighted by Crippen LogP contribution is -2.46. The monoisotopic (exact) mass is 320 g/mol. The average Bonchev–Trinajstić information content (AvgIpc) is 2.38. The second-order valence-electron chi connectivity index (χ2n) is 6.35. The van der Waals surface area contributed by atoms with Crippen molar-refractivity contribution in [1.29, 1.82) is 0 Å².